The summed E-state index contributed by atoms with van der Waals surface area (Å²) in [6.07, 6.45) is 0. The average Bonchev–Trinajstić information content (AvgIpc) is 2.26. The highest BCUT2D eigenvalue weighted by Gasteiger charge is 2.17. The molecule has 0 spiro atoms. The van der Waals surface area contributed by atoms with E-state index in [1.54, 1.807) is 6.07 Å². The maximum atomic E-state index is 12.1. The summed E-state index contributed by atoms with van der Waals surface area (Å²) in [6.45, 7) is 8.93. The largest absolute Gasteiger partial charge is 0.313 e. The van der Waals surface area contributed by atoms with E-state index in [0.717, 1.165) is 17.7 Å². The van der Waals surface area contributed by atoms with Gasteiger partial charge in [0.1, 0.15) is 0 Å². The minimum atomic E-state index is -3.41. The number of likely N-dealkylation sites (N-methyl/N-ethyl adjacent to an activating group) is 1. The Morgan fingerprint density at radius 3 is 2.42 bits per heavy atom. The highest BCUT2D eigenvalue weighted by atomic mass is 35.5. The smallest absolute Gasteiger partial charge is 0.240 e. The Labute approximate surface area is 122 Å². The molecule has 1 aromatic rings. The molecule has 0 aromatic heterocycles. The van der Waals surface area contributed by atoms with Crippen molar-refractivity contribution in [3.8, 4) is 0 Å². The molecule has 0 heterocycles. The molecule has 1 aromatic carbocycles. The number of hydrogen-bond donors (Lipinski definition) is 2. The molecule has 0 aliphatic heterocycles. The molecule has 0 saturated heterocycles. The molecule has 4 nitrogen and oxygen atoms in total. The van der Waals surface area contributed by atoms with Gasteiger partial charge < -0.3 is 5.32 Å². The third kappa shape index (κ3) is 5.48. The van der Waals surface area contributed by atoms with Crippen LogP contribution in [0.1, 0.15) is 25.0 Å². The van der Waals surface area contributed by atoms with Gasteiger partial charge in [-0.2, -0.15) is 0 Å². The molecule has 0 saturated carbocycles. The van der Waals surface area contributed by atoms with Gasteiger partial charge in [0.15, 0.2) is 0 Å². The van der Waals surface area contributed by atoms with Gasteiger partial charge in [0, 0.05) is 12.6 Å². The Morgan fingerprint density at radius 2 is 1.89 bits per heavy atom. The van der Waals surface area contributed by atoms with E-state index in [-0.39, 0.29) is 18.4 Å². The van der Waals surface area contributed by atoms with E-state index in [9.17, 15) is 8.42 Å². The molecule has 1 rings (SSSR count). The van der Waals surface area contributed by atoms with Crippen LogP contribution in [0.3, 0.4) is 0 Å². The summed E-state index contributed by atoms with van der Waals surface area (Å²) in [5.74, 6) is 0. The number of halogens is 1. The van der Waals surface area contributed by atoms with Crippen LogP contribution in [0.4, 0.5) is 0 Å². The van der Waals surface area contributed by atoms with E-state index in [4.69, 9.17) is 0 Å². The van der Waals surface area contributed by atoms with E-state index in [1.165, 1.54) is 0 Å². The van der Waals surface area contributed by atoms with E-state index < -0.39 is 10.0 Å². The predicted molar refractivity (Wildman–Crippen MR) is 81.5 cm³/mol. The lowest BCUT2D eigenvalue weighted by Crippen LogP contribution is -2.38. The SMILES string of the molecule is CCN[C@H](C)CNS(=O)(=O)c1ccc(C)cc1C.Cl. The van der Waals surface area contributed by atoms with Crippen LogP contribution in [0.15, 0.2) is 23.1 Å². The van der Waals surface area contributed by atoms with Crippen LogP contribution in [-0.4, -0.2) is 27.5 Å². The monoisotopic (exact) mass is 306 g/mol. The lowest BCUT2D eigenvalue weighted by atomic mass is 10.2. The third-order valence-electron chi connectivity index (χ3n) is 2.75. The minimum absolute atomic E-state index is 0. The molecule has 0 fully saturated rings. The summed E-state index contributed by atoms with van der Waals surface area (Å²) in [6, 6.07) is 5.47. The Bertz CT molecular complexity index is 503. The Kier molecular flexibility index (Phi) is 7.59. The van der Waals surface area contributed by atoms with Gasteiger partial charge >= 0.3 is 0 Å². The fourth-order valence-electron chi connectivity index (χ4n) is 1.83. The fourth-order valence-corrected chi connectivity index (χ4v) is 3.19. The van der Waals surface area contributed by atoms with E-state index in [2.05, 4.69) is 10.0 Å². The second kappa shape index (κ2) is 7.85. The van der Waals surface area contributed by atoms with Crippen molar-refractivity contribution in [3.63, 3.8) is 0 Å². The van der Waals surface area contributed by atoms with Gasteiger partial charge in [-0.3, -0.25) is 0 Å². The van der Waals surface area contributed by atoms with Crippen LogP contribution >= 0.6 is 12.4 Å². The van der Waals surface area contributed by atoms with Crippen molar-refractivity contribution in [2.24, 2.45) is 0 Å². The number of rotatable bonds is 6. The maximum Gasteiger partial charge on any atom is 0.240 e. The van der Waals surface area contributed by atoms with Gasteiger partial charge in [0.25, 0.3) is 0 Å². The van der Waals surface area contributed by atoms with Crippen LogP contribution in [0.25, 0.3) is 0 Å². The van der Waals surface area contributed by atoms with Crippen molar-refractivity contribution in [1.82, 2.24) is 10.0 Å². The van der Waals surface area contributed by atoms with Crippen LogP contribution in [0.2, 0.25) is 0 Å². The number of benzene rings is 1. The molecular weight excluding hydrogens is 284 g/mol. The van der Waals surface area contributed by atoms with E-state index in [1.807, 2.05) is 39.8 Å². The highest BCUT2D eigenvalue weighted by Crippen LogP contribution is 2.15. The number of hydrogen-bond acceptors (Lipinski definition) is 3. The van der Waals surface area contributed by atoms with E-state index >= 15 is 0 Å². The average molecular weight is 307 g/mol. The van der Waals surface area contributed by atoms with Crippen molar-refractivity contribution >= 4 is 22.4 Å². The molecule has 110 valence electrons. The fraction of sp³-hybridized carbons (Fsp3) is 0.538. The van der Waals surface area contributed by atoms with E-state index in [0.29, 0.717) is 11.4 Å². The zero-order valence-corrected chi connectivity index (χ0v) is 13.5. The molecule has 19 heavy (non-hydrogen) atoms. The summed E-state index contributed by atoms with van der Waals surface area (Å²) in [7, 11) is -3.41. The third-order valence-corrected chi connectivity index (χ3v) is 4.34. The molecule has 0 radical (unpaired) electrons. The first-order valence-corrected chi connectivity index (χ1v) is 7.65. The summed E-state index contributed by atoms with van der Waals surface area (Å²) < 4.78 is 26.9. The van der Waals surface area contributed by atoms with Crippen LogP contribution < -0.4 is 10.0 Å². The van der Waals surface area contributed by atoms with Gasteiger partial charge in [-0.1, -0.05) is 24.6 Å². The van der Waals surface area contributed by atoms with Gasteiger partial charge in [0.2, 0.25) is 10.0 Å². The molecule has 0 amide bonds. The molecule has 0 bridgehead atoms. The number of aryl methyl sites for hydroxylation is 2. The van der Waals surface area contributed by atoms with Crippen LogP contribution in [0.5, 0.6) is 0 Å². The summed E-state index contributed by atoms with van der Waals surface area (Å²) in [5, 5.41) is 3.17. The second-order valence-electron chi connectivity index (χ2n) is 4.58. The Balaban J connectivity index is 0.00000324. The highest BCUT2D eigenvalue weighted by molar-refractivity contribution is 7.89. The maximum absolute atomic E-state index is 12.1. The number of sulfonamides is 1. The molecular formula is C13H23ClN2O2S. The predicted octanol–water partition coefficient (Wildman–Crippen LogP) is 2.00. The molecule has 1 atom stereocenters. The van der Waals surface area contributed by atoms with Crippen molar-refractivity contribution in [2.45, 2.75) is 38.6 Å². The van der Waals surface area contributed by atoms with Crippen molar-refractivity contribution < 1.29 is 8.42 Å². The Hall–Kier alpha value is -0.620. The quantitative estimate of drug-likeness (QED) is 0.845. The number of nitrogens with one attached hydrogen (secondary N) is 2. The summed E-state index contributed by atoms with van der Waals surface area (Å²) >= 11 is 0. The van der Waals surface area contributed by atoms with Gasteiger partial charge in [0.05, 0.1) is 4.90 Å². The van der Waals surface area contributed by atoms with Gasteiger partial charge in [-0.05, 0) is 38.9 Å². The standard InChI is InChI=1S/C13H22N2O2S.ClH/c1-5-14-12(4)9-15-18(16,17)13-7-6-10(2)8-11(13)3;/h6-8,12,14-15H,5,9H2,1-4H3;1H/t12-;/m1./s1. The molecule has 6 heteroatoms. The molecule has 0 aliphatic rings. The van der Waals surface area contributed by atoms with Crippen molar-refractivity contribution in [2.75, 3.05) is 13.1 Å². The van der Waals surface area contributed by atoms with Gasteiger partial charge in [-0.15, -0.1) is 12.4 Å². The van der Waals surface area contributed by atoms with Crippen molar-refractivity contribution in [1.29, 1.82) is 0 Å². The zero-order valence-electron chi connectivity index (χ0n) is 11.9. The summed E-state index contributed by atoms with van der Waals surface area (Å²) in [4.78, 5) is 0.358. The first-order chi connectivity index (χ1) is 8.36. The molecule has 0 aliphatic carbocycles. The first-order valence-electron chi connectivity index (χ1n) is 6.17. The van der Waals surface area contributed by atoms with Crippen LogP contribution in [-0.2, 0) is 10.0 Å². The topological polar surface area (TPSA) is 58.2 Å². The zero-order chi connectivity index (χ0) is 13.8. The Morgan fingerprint density at radius 1 is 1.26 bits per heavy atom. The lowest BCUT2D eigenvalue weighted by Gasteiger charge is -2.14. The minimum Gasteiger partial charge on any atom is -0.313 e. The van der Waals surface area contributed by atoms with Crippen LogP contribution in [0, 0.1) is 13.8 Å². The lowest BCUT2D eigenvalue weighted by molar-refractivity contribution is 0.536. The molecule has 0 unspecified atom stereocenters. The normalized spacial score (nSPS) is 12.8. The van der Waals surface area contributed by atoms with Crippen molar-refractivity contribution in [3.05, 3.63) is 29.3 Å². The molecule has 2 N–H and O–H groups in total. The second-order valence-corrected chi connectivity index (χ2v) is 6.31. The van der Waals surface area contributed by atoms with Gasteiger partial charge in [-0.25, -0.2) is 13.1 Å². The summed E-state index contributed by atoms with van der Waals surface area (Å²) in [5.41, 5.74) is 1.84. The first kappa shape index (κ1) is 18.4.